The lowest BCUT2D eigenvalue weighted by Gasteiger charge is -2.38. The first-order valence-electron chi connectivity index (χ1n) is 7.16. The van der Waals surface area contributed by atoms with Crippen LogP contribution in [-0.2, 0) is 0 Å². The maximum Gasteiger partial charge on any atom is 0.119 e. The summed E-state index contributed by atoms with van der Waals surface area (Å²) in [6, 6.07) is 6.36. The van der Waals surface area contributed by atoms with Crippen molar-refractivity contribution in [2.45, 2.75) is 26.7 Å². The van der Waals surface area contributed by atoms with Gasteiger partial charge in [0.05, 0.1) is 0 Å². The molecule has 3 heteroatoms. The second-order valence-corrected chi connectivity index (χ2v) is 5.83. The quantitative estimate of drug-likeness (QED) is 0.855. The van der Waals surface area contributed by atoms with E-state index in [0.717, 1.165) is 32.0 Å². The molecule has 0 amide bonds. The van der Waals surface area contributed by atoms with Gasteiger partial charge in [0.1, 0.15) is 12.4 Å². The van der Waals surface area contributed by atoms with Gasteiger partial charge in [0, 0.05) is 32.2 Å². The molecule has 0 saturated carbocycles. The fraction of sp³-hybridized carbons (Fsp3) is 0.625. The summed E-state index contributed by atoms with van der Waals surface area (Å²) in [6.07, 6.45) is 0. The molecule has 0 aliphatic carbocycles. The van der Waals surface area contributed by atoms with Gasteiger partial charge in [-0.15, -0.1) is 0 Å². The van der Waals surface area contributed by atoms with E-state index in [4.69, 9.17) is 9.84 Å². The van der Waals surface area contributed by atoms with Crippen LogP contribution in [0.25, 0.3) is 0 Å². The number of hydrogen-bond donors (Lipinski definition) is 1. The van der Waals surface area contributed by atoms with Crippen LogP contribution in [0, 0.1) is 12.8 Å². The number of ether oxygens (including phenoxy) is 1. The van der Waals surface area contributed by atoms with Crippen LogP contribution in [0.3, 0.4) is 0 Å². The van der Waals surface area contributed by atoms with Crippen molar-refractivity contribution in [2.24, 2.45) is 5.92 Å². The SMILES string of the molecule is Cc1cc(OCCN2CC(CO)C2)ccc1C(C)C. The van der Waals surface area contributed by atoms with Gasteiger partial charge in [-0.2, -0.15) is 0 Å². The zero-order valence-corrected chi connectivity index (χ0v) is 12.2. The minimum absolute atomic E-state index is 0.313. The molecule has 106 valence electrons. The Morgan fingerprint density at radius 3 is 2.68 bits per heavy atom. The summed E-state index contributed by atoms with van der Waals surface area (Å²) in [4.78, 5) is 2.32. The second kappa shape index (κ2) is 6.40. The molecular weight excluding hydrogens is 238 g/mol. The molecule has 0 aromatic heterocycles. The van der Waals surface area contributed by atoms with Crippen molar-refractivity contribution in [3.05, 3.63) is 29.3 Å². The molecule has 3 nitrogen and oxygen atoms in total. The van der Waals surface area contributed by atoms with Crippen molar-refractivity contribution in [1.29, 1.82) is 0 Å². The average Bonchev–Trinajstić information content (AvgIpc) is 2.31. The van der Waals surface area contributed by atoms with Crippen molar-refractivity contribution in [1.82, 2.24) is 4.90 Å². The number of rotatable bonds is 6. The number of aliphatic hydroxyl groups excluding tert-OH is 1. The fourth-order valence-electron chi connectivity index (χ4n) is 2.65. The Hall–Kier alpha value is -1.06. The van der Waals surface area contributed by atoms with E-state index in [1.54, 1.807) is 0 Å². The second-order valence-electron chi connectivity index (χ2n) is 5.83. The van der Waals surface area contributed by atoms with Gasteiger partial charge in [-0.25, -0.2) is 0 Å². The van der Waals surface area contributed by atoms with Gasteiger partial charge in [0.2, 0.25) is 0 Å². The molecule has 1 aliphatic rings. The average molecular weight is 263 g/mol. The van der Waals surface area contributed by atoms with Crippen LogP contribution in [-0.4, -0.2) is 42.9 Å². The Kier molecular flexibility index (Phi) is 4.83. The van der Waals surface area contributed by atoms with Crippen molar-refractivity contribution in [3.8, 4) is 5.75 Å². The first kappa shape index (κ1) is 14.4. The Balaban J connectivity index is 1.76. The van der Waals surface area contributed by atoms with E-state index in [1.165, 1.54) is 11.1 Å². The molecular formula is C16H25NO2. The van der Waals surface area contributed by atoms with Crippen molar-refractivity contribution in [2.75, 3.05) is 32.8 Å². The van der Waals surface area contributed by atoms with Crippen LogP contribution in [0.2, 0.25) is 0 Å². The van der Waals surface area contributed by atoms with Gasteiger partial charge < -0.3 is 9.84 Å². The fourth-order valence-corrected chi connectivity index (χ4v) is 2.65. The molecule has 0 unspecified atom stereocenters. The van der Waals surface area contributed by atoms with Crippen LogP contribution in [0.4, 0.5) is 0 Å². The van der Waals surface area contributed by atoms with Crippen LogP contribution in [0.15, 0.2) is 18.2 Å². The molecule has 19 heavy (non-hydrogen) atoms. The third-order valence-corrected chi connectivity index (χ3v) is 3.83. The van der Waals surface area contributed by atoms with Gasteiger partial charge in [-0.3, -0.25) is 4.90 Å². The standard InChI is InChI=1S/C16H25NO2/c1-12(2)16-5-4-15(8-13(16)3)19-7-6-17-9-14(10-17)11-18/h4-5,8,12,14,18H,6-7,9-11H2,1-3H3. The summed E-state index contributed by atoms with van der Waals surface area (Å²) in [5, 5.41) is 8.95. The highest BCUT2D eigenvalue weighted by molar-refractivity contribution is 5.36. The predicted octanol–water partition coefficient (Wildman–Crippen LogP) is 2.42. The summed E-state index contributed by atoms with van der Waals surface area (Å²) < 4.78 is 5.79. The molecule has 1 N–H and O–H groups in total. The number of aryl methyl sites for hydroxylation is 1. The summed E-state index contributed by atoms with van der Waals surface area (Å²) in [5.41, 5.74) is 2.69. The molecule has 0 atom stereocenters. The van der Waals surface area contributed by atoms with E-state index in [0.29, 0.717) is 18.4 Å². The van der Waals surface area contributed by atoms with E-state index in [2.05, 4.69) is 43.9 Å². The Morgan fingerprint density at radius 2 is 2.11 bits per heavy atom. The number of likely N-dealkylation sites (tertiary alicyclic amines) is 1. The van der Waals surface area contributed by atoms with E-state index in [1.807, 2.05) is 0 Å². The molecule has 1 fully saturated rings. The number of hydrogen-bond acceptors (Lipinski definition) is 3. The van der Waals surface area contributed by atoms with Crippen molar-refractivity contribution >= 4 is 0 Å². The van der Waals surface area contributed by atoms with Crippen LogP contribution < -0.4 is 4.74 Å². The summed E-state index contributed by atoms with van der Waals surface area (Å²) in [7, 11) is 0. The highest BCUT2D eigenvalue weighted by Crippen LogP contribution is 2.23. The van der Waals surface area contributed by atoms with Gasteiger partial charge in [-0.05, 0) is 36.1 Å². The van der Waals surface area contributed by atoms with Gasteiger partial charge in [0.15, 0.2) is 0 Å². The van der Waals surface area contributed by atoms with E-state index >= 15 is 0 Å². The van der Waals surface area contributed by atoms with Gasteiger partial charge >= 0.3 is 0 Å². The molecule has 1 saturated heterocycles. The van der Waals surface area contributed by atoms with E-state index in [9.17, 15) is 0 Å². The molecule has 0 radical (unpaired) electrons. The number of aliphatic hydroxyl groups is 1. The topological polar surface area (TPSA) is 32.7 Å². The van der Waals surface area contributed by atoms with Crippen LogP contribution >= 0.6 is 0 Å². The van der Waals surface area contributed by atoms with Gasteiger partial charge in [-0.1, -0.05) is 19.9 Å². The molecule has 1 heterocycles. The van der Waals surface area contributed by atoms with Crippen molar-refractivity contribution in [3.63, 3.8) is 0 Å². The zero-order valence-electron chi connectivity index (χ0n) is 12.2. The molecule has 1 aromatic carbocycles. The summed E-state index contributed by atoms with van der Waals surface area (Å²) in [5.74, 6) is 2.00. The Labute approximate surface area is 116 Å². The smallest absolute Gasteiger partial charge is 0.119 e. The summed E-state index contributed by atoms with van der Waals surface area (Å²) in [6.45, 7) is 10.6. The van der Waals surface area contributed by atoms with Crippen LogP contribution in [0.1, 0.15) is 30.9 Å². The molecule has 1 aromatic rings. The third kappa shape index (κ3) is 3.71. The number of nitrogens with zero attached hydrogens (tertiary/aromatic N) is 1. The lowest BCUT2D eigenvalue weighted by Crippen LogP contribution is -2.49. The Morgan fingerprint density at radius 1 is 1.37 bits per heavy atom. The number of benzene rings is 1. The molecule has 0 spiro atoms. The minimum Gasteiger partial charge on any atom is -0.492 e. The van der Waals surface area contributed by atoms with Crippen molar-refractivity contribution < 1.29 is 9.84 Å². The molecule has 2 rings (SSSR count). The first-order valence-corrected chi connectivity index (χ1v) is 7.16. The van der Waals surface area contributed by atoms with Crippen LogP contribution in [0.5, 0.6) is 5.75 Å². The van der Waals surface area contributed by atoms with E-state index in [-0.39, 0.29) is 0 Å². The maximum absolute atomic E-state index is 8.95. The monoisotopic (exact) mass is 263 g/mol. The first-order chi connectivity index (χ1) is 9.10. The highest BCUT2D eigenvalue weighted by Gasteiger charge is 2.25. The molecule has 0 bridgehead atoms. The van der Waals surface area contributed by atoms with E-state index < -0.39 is 0 Å². The normalized spacial score (nSPS) is 16.7. The van der Waals surface area contributed by atoms with Gasteiger partial charge in [0.25, 0.3) is 0 Å². The lowest BCUT2D eigenvalue weighted by molar-refractivity contribution is 0.0439. The third-order valence-electron chi connectivity index (χ3n) is 3.83. The Bertz CT molecular complexity index is 411. The summed E-state index contributed by atoms with van der Waals surface area (Å²) >= 11 is 0. The zero-order chi connectivity index (χ0) is 13.8. The largest absolute Gasteiger partial charge is 0.492 e. The minimum atomic E-state index is 0.313. The maximum atomic E-state index is 8.95. The molecule has 1 aliphatic heterocycles. The highest BCUT2D eigenvalue weighted by atomic mass is 16.5. The predicted molar refractivity (Wildman–Crippen MR) is 77.8 cm³/mol. The lowest BCUT2D eigenvalue weighted by atomic mass is 9.98.